The predicted octanol–water partition coefficient (Wildman–Crippen LogP) is 4.93. The first-order valence-corrected chi connectivity index (χ1v) is 8.67. The predicted molar refractivity (Wildman–Crippen MR) is 99.3 cm³/mol. The van der Waals surface area contributed by atoms with Crippen LogP contribution in [0.25, 0.3) is 10.9 Å². The second-order valence-corrected chi connectivity index (χ2v) is 6.17. The van der Waals surface area contributed by atoms with Gasteiger partial charge in [0, 0.05) is 17.1 Å². The third-order valence-corrected chi connectivity index (χ3v) is 4.22. The third-order valence-electron chi connectivity index (χ3n) is 4.22. The zero-order chi connectivity index (χ0) is 18.7. The number of pyridine rings is 1. The van der Waals surface area contributed by atoms with Crippen LogP contribution in [0.3, 0.4) is 0 Å². The van der Waals surface area contributed by atoms with Gasteiger partial charge in [-0.05, 0) is 44.0 Å². The number of aromatic nitrogens is 2. The number of carboxylic acid groups (broad SMARTS) is 1. The molecule has 0 saturated carbocycles. The number of carbonyl (C=O) groups is 1. The minimum Gasteiger partial charge on any atom is -0.488 e. The van der Waals surface area contributed by atoms with Gasteiger partial charge in [-0.1, -0.05) is 13.8 Å². The van der Waals surface area contributed by atoms with Gasteiger partial charge in [0.25, 0.3) is 0 Å². The summed E-state index contributed by atoms with van der Waals surface area (Å²) in [7, 11) is 0. The molecule has 2 heterocycles. The molecule has 26 heavy (non-hydrogen) atoms. The lowest BCUT2D eigenvalue weighted by Gasteiger charge is -2.17. The Hall–Kier alpha value is -3.02. The fourth-order valence-electron chi connectivity index (χ4n) is 2.74. The monoisotopic (exact) mass is 354 g/mol. The Bertz CT molecular complexity index is 911. The number of carboxylic acids is 1. The summed E-state index contributed by atoms with van der Waals surface area (Å²) in [5, 5.41) is 9.99. The lowest BCUT2D eigenvalue weighted by atomic mass is 10.2. The Morgan fingerprint density at radius 3 is 2.58 bits per heavy atom. The van der Waals surface area contributed by atoms with Crippen LogP contribution in [-0.4, -0.2) is 27.1 Å². The lowest BCUT2D eigenvalue weighted by Crippen LogP contribution is -2.13. The molecule has 0 aliphatic rings. The molecule has 0 aliphatic carbocycles. The van der Waals surface area contributed by atoms with Crippen molar-refractivity contribution >= 4 is 16.9 Å². The largest absolute Gasteiger partial charge is 0.488 e. The molecule has 0 amide bonds. The molecule has 2 N–H and O–H groups in total. The van der Waals surface area contributed by atoms with Crippen molar-refractivity contribution in [2.24, 2.45) is 0 Å². The van der Waals surface area contributed by atoms with Crippen molar-refractivity contribution < 1.29 is 19.4 Å². The molecule has 3 aromatic rings. The van der Waals surface area contributed by atoms with Crippen molar-refractivity contribution in [1.29, 1.82) is 0 Å². The molecule has 0 aliphatic heterocycles. The van der Waals surface area contributed by atoms with Gasteiger partial charge in [-0.3, -0.25) is 4.98 Å². The van der Waals surface area contributed by atoms with Crippen molar-refractivity contribution in [3.05, 3.63) is 47.9 Å². The Labute approximate surface area is 151 Å². The van der Waals surface area contributed by atoms with Crippen molar-refractivity contribution in [3.8, 4) is 17.2 Å². The molecule has 0 unspecified atom stereocenters. The Morgan fingerprint density at radius 1 is 1.19 bits per heavy atom. The van der Waals surface area contributed by atoms with Crippen molar-refractivity contribution in [2.75, 3.05) is 0 Å². The topological polar surface area (TPSA) is 84.4 Å². The quantitative estimate of drug-likeness (QED) is 0.628. The molecular weight excluding hydrogens is 332 g/mol. The number of hydrogen-bond donors (Lipinski definition) is 2. The molecule has 0 spiro atoms. The molecule has 0 fully saturated rings. The minimum atomic E-state index is -1.01. The van der Waals surface area contributed by atoms with E-state index in [0.29, 0.717) is 22.8 Å². The summed E-state index contributed by atoms with van der Waals surface area (Å²) in [5.41, 5.74) is 1.68. The molecule has 6 nitrogen and oxygen atoms in total. The maximum Gasteiger partial charge on any atom is 0.352 e. The smallest absolute Gasteiger partial charge is 0.352 e. The second-order valence-electron chi connectivity index (χ2n) is 6.17. The number of aromatic amines is 1. The lowest BCUT2D eigenvalue weighted by molar-refractivity contribution is 0.0691. The van der Waals surface area contributed by atoms with E-state index in [2.05, 4.69) is 23.8 Å². The van der Waals surface area contributed by atoms with Gasteiger partial charge < -0.3 is 19.6 Å². The number of rotatable bonds is 7. The molecule has 0 bridgehead atoms. The summed E-state index contributed by atoms with van der Waals surface area (Å²) in [6.07, 6.45) is 3.42. The minimum absolute atomic E-state index is 0.0473. The number of H-pyrrole nitrogens is 1. The standard InChI is InChI=1S/C20H22N2O4/c1-4-14(5-2)26-18-10-16(25-15-7-6-12(3)21-11-15)8-13-9-17(20(23)24)22-19(13)18/h6-11,14,22H,4-5H2,1-3H3,(H,23,24). The van der Waals surface area contributed by atoms with Crippen LogP contribution < -0.4 is 9.47 Å². The maximum atomic E-state index is 11.3. The Balaban J connectivity index is 2.02. The van der Waals surface area contributed by atoms with Gasteiger partial charge in [0.05, 0.1) is 17.8 Å². The van der Waals surface area contributed by atoms with E-state index in [1.165, 1.54) is 0 Å². The fraction of sp³-hybridized carbons (Fsp3) is 0.300. The highest BCUT2D eigenvalue weighted by Crippen LogP contribution is 2.34. The van der Waals surface area contributed by atoms with Crippen LogP contribution >= 0.6 is 0 Å². The molecule has 1 aromatic carbocycles. The number of aromatic carboxylic acids is 1. The number of aryl methyl sites for hydroxylation is 1. The van der Waals surface area contributed by atoms with Crippen molar-refractivity contribution in [1.82, 2.24) is 9.97 Å². The molecule has 0 atom stereocenters. The SMILES string of the molecule is CCC(CC)Oc1cc(Oc2ccc(C)nc2)cc2cc(C(=O)O)[nH]c12. The molecule has 2 aromatic heterocycles. The van der Waals surface area contributed by atoms with Crippen LogP contribution in [0.1, 0.15) is 42.9 Å². The van der Waals surface area contributed by atoms with E-state index in [4.69, 9.17) is 9.47 Å². The van der Waals surface area contributed by atoms with E-state index < -0.39 is 5.97 Å². The Morgan fingerprint density at radius 2 is 1.96 bits per heavy atom. The van der Waals surface area contributed by atoms with E-state index in [-0.39, 0.29) is 11.8 Å². The summed E-state index contributed by atoms with van der Waals surface area (Å²) in [4.78, 5) is 18.5. The molecule has 0 radical (unpaired) electrons. The van der Waals surface area contributed by atoms with Crippen LogP contribution in [0.4, 0.5) is 0 Å². The van der Waals surface area contributed by atoms with Crippen molar-refractivity contribution in [2.45, 2.75) is 39.7 Å². The van der Waals surface area contributed by atoms with Gasteiger partial charge in [0.1, 0.15) is 22.9 Å². The van der Waals surface area contributed by atoms with Crippen LogP contribution in [0.2, 0.25) is 0 Å². The van der Waals surface area contributed by atoms with Gasteiger partial charge in [-0.2, -0.15) is 0 Å². The van der Waals surface area contributed by atoms with Crippen LogP contribution in [0.15, 0.2) is 36.5 Å². The number of hydrogen-bond acceptors (Lipinski definition) is 4. The highest BCUT2D eigenvalue weighted by atomic mass is 16.5. The van der Waals surface area contributed by atoms with Gasteiger partial charge in [-0.25, -0.2) is 4.79 Å². The molecule has 136 valence electrons. The molecular formula is C20H22N2O4. The number of fused-ring (bicyclic) bond motifs is 1. The number of nitrogens with zero attached hydrogens (tertiary/aromatic N) is 1. The first-order valence-electron chi connectivity index (χ1n) is 8.67. The zero-order valence-electron chi connectivity index (χ0n) is 15.1. The highest BCUT2D eigenvalue weighted by molar-refractivity contribution is 5.96. The number of benzene rings is 1. The van der Waals surface area contributed by atoms with E-state index in [1.54, 1.807) is 24.4 Å². The van der Waals surface area contributed by atoms with Gasteiger partial charge in [-0.15, -0.1) is 0 Å². The van der Waals surface area contributed by atoms with Gasteiger partial charge in [0.15, 0.2) is 0 Å². The van der Waals surface area contributed by atoms with E-state index in [0.717, 1.165) is 23.9 Å². The summed E-state index contributed by atoms with van der Waals surface area (Å²) in [6.45, 7) is 6.02. The summed E-state index contributed by atoms with van der Waals surface area (Å²) in [6, 6.07) is 8.86. The molecule has 6 heteroatoms. The number of ether oxygens (including phenoxy) is 2. The average Bonchev–Trinajstić information content (AvgIpc) is 3.06. The molecule has 0 saturated heterocycles. The summed E-state index contributed by atoms with van der Waals surface area (Å²) >= 11 is 0. The highest BCUT2D eigenvalue weighted by Gasteiger charge is 2.16. The van der Waals surface area contributed by atoms with Gasteiger partial charge >= 0.3 is 5.97 Å². The number of nitrogens with one attached hydrogen (secondary N) is 1. The first kappa shape index (κ1) is 17.8. The van der Waals surface area contributed by atoms with Crippen LogP contribution in [-0.2, 0) is 0 Å². The maximum absolute atomic E-state index is 11.3. The first-order chi connectivity index (χ1) is 12.5. The summed E-state index contributed by atoms with van der Waals surface area (Å²) in [5.74, 6) is 0.746. The van der Waals surface area contributed by atoms with Crippen LogP contribution in [0.5, 0.6) is 17.2 Å². The van der Waals surface area contributed by atoms with E-state index in [9.17, 15) is 9.90 Å². The summed E-state index contributed by atoms with van der Waals surface area (Å²) < 4.78 is 12.0. The average molecular weight is 354 g/mol. The fourth-order valence-corrected chi connectivity index (χ4v) is 2.74. The van der Waals surface area contributed by atoms with E-state index in [1.807, 2.05) is 19.1 Å². The van der Waals surface area contributed by atoms with Crippen LogP contribution in [0, 0.1) is 6.92 Å². The third kappa shape index (κ3) is 3.79. The van der Waals surface area contributed by atoms with Crippen molar-refractivity contribution in [3.63, 3.8) is 0 Å². The normalized spacial score (nSPS) is 11.1. The van der Waals surface area contributed by atoms with Gasteiger partial charge in [0.2, 0.25) is 0 Å². The van der Waals surface area contributed by atoms with E-state index >= 15 is 0 Å². The molecule has 3 rings (SSSR count). The zero-order valence-corrected chi connectivity index (χ0v) is 15.1. The second kappa shape index (κ2) is 7.47. The Kier molecular flexibility index (Phi) is 5.11.